The van der Waals surface area contributed by atoms with Crippen molar-refractivity contribution in [2.24, 2.45) is 5.92 Å². The molecule has 2 atom stereocenters. The standard InChI is InChI=1S/C26H26FN3O5/c1-16(2)14-28-25(32)22-23(35-26(33)30(22)15-17-5-3-6-19(27)13-17)18-8-10-20(11-9-18)29-24(31)21-7-4-12-34-21/h3-13,16,22-23H,14-15H2,1-2H3,(H,28,32)(H,29,31). The number of anilines is 1. The summed E-state index contributed by atoms with van der Waals surface area (Å²) in [6, 6.07) is 14.8. The number of hydrogen-bond acceptors (Lipinski definition) is 5. The molecule has 2 aromatic carbocycles. The number of rotatable bonds is 8. The molecule has 35 heavy (non-hydrogen) atoms. The predicted molar refractivity (Wildman–Crippen MR) is 126 cm³/mol. The van der Waals surface area contributed by atoms with Crippen molar-refractivity contribution in [2.45, 2.75) is 32.5 Å². The van der Waals surface area contributed by atoms with Crippen molar-refractivity contribution >= 4 is 23.6 Å². The van der Waals surface area contributed by atoms with Gasteiger partial charge in [0.1, 0.15) is 5.82 Å². The zero-order valence-corrected chi connectivity index (χ0v) is 19.4. The Morgan fingerprint density at radius 2 is 1.86 bits per heavy atom. The molecule has 0 aliphatic carbocycles. The van der Waals surface area contributed by atoms with E-state index in [1.807, 2.05) is 13.8 Å². The molecule has 1 aromatic heterocycles. The van der Waals surface area contributed by atoms with Crippen LogP contribution in [0.5, 0.6) is 0 Å². The zero-order valence-electron chi connectivity index (χ0n) is 19.4. The quantitative estimate of drug-likeness (QED) is 0.495. The normalized spacial score (nSPS) is 17.4. The van der Waals surface area contributed by atoms with Crippen molar-refractivity contribution in [3.8, 4) is 0 Å². The van der Waals surface area contributed by atoms with Gasteiger partial charge in [0, 0.05) is 12.2 Å². The topological polar surface area (TPSA) is 101 Å². The number of nitrogens with zero attached hydrogens (tertiary/aromatic N) is 1. The van der Waals surface area contributed by atoms with E-state index in [4.69, 9.17) is 9.15 Å². The van der Waals surface area contributed by atoms with E-state index in [9.17, 15) is 18.8 Å². The molecule has 1 aliphatic heterocycles. The highest BCUT2D eigenvalue weighted by Gasteiger charge is 2.47. The van der Waals surface area contributed by atoms with Gasteiger partial charge in [-0.15, -0.1) is 0 Å². The lowest BCUT2D eigenvalue weighted by molar-refractivity contribution is -0.126. The van der Waals surface area contributed by atoms with Gasteiger partial charge in [-0.3, -0.25) is 14.5 Å². The second-order valence-corrected chi connectivity index (χ2v) is 8.70. The number of hydrogen-bond donors (Lipinski definition) is 2. The Kier molecular flexibility index (Phi) is 7.14. The Labute approximate surface area is 202 Å². The first-order chi connectivity index (χ1) is 16.8. The van der Waals surface area contributed by atoms with Gasteiger partial charge in [-0.25, -0.2) is 9.18 Å². The fourth-order valence-corrected chi connectivity index (χ4v) is 3.81. The lowest BCUT2D eigenvalue weighted by Gasteiger charge is -2.24. The molecule has 1 saturated heterocycles. The summed E-state index contributed by atoms with van der Waals surface area (Å²) < 4.78 is 24.4. The van der Waals surface area contributed by atoms with Gasteiger partial charge in [0.2, 0.25) is 5.91 Å². The van der Waals surface area contributed by atoms with Crippen LogP contribution < -0.4 is 10.6 Å². The van der Waals surface area contributed by atoms with Crippen LogP contribution in [0.25, 0.3) is 0 Å². The van der Waals surface area contributed by atoms with Crippen molar-refractivity contribution in [1.29, 1.82) is 0 Å². The first-order valence-corrected chi connectivity index (χ1v) is 11.3. The van der Waals surface area contributed by atoms with E-state index in [1.54, 1.807) is 48.5 Å². The Hall–Kier alpha value is -4.14. The van der Waals surface area contributed by atoms with Crippen LogP contribution in [0.2, 0.25) is 0 Å². The molecule has 0 spiro atoms. The summed E-state index contributed by atoms with van der Waals surface area (Å²) >= 11 is 0. The second kappa shape index (κ2) is 10.4. The highest BCUT2D eigenvalue weighted by molar-refractivity contribution is 6.02. The van der Waals surface area contributed by atoms with E-state index in [-0.39, 0.29) is 24.1 Å². The minimum Gasteiger partial charge on any atom is -0.459 e. The van der Waals surface area contributed by atoms with Crippen LogP contribution in [0.4, 0.5) is 14.9 Å². The van der Waals surface area contributed by atoms with Crippen molar-refractivity contribution in [3.63, 3.8) is 0 Å². The van der Waals surface area contributed by atoms with Crippen LogP contribution in [-0.2, 0) is 16.1 Å². The molecule has 0 saturated carbocycles. The number of nitrogens with one attached hydrogen (secondary N) is 2. The van der Waals surface area contributed by atoms with Crippen LogP contribution in [0.3, 0.4) is 0 Å². The van der Waals surface area contributed by atoms with E-state index < -0.39 is 30.0 Å². The fourth-order valence-electron chi connectivity index (χ4n) is 3.81. The fraction of sp³-hybridized carbons (Fsp3) is 0.269. The van der Waals surface area contributed by atoms with Crippen molar-refractivity contribution in [1.82, 2.24) is 10.2 Å². The van der Waals surface area contributed by atoms with E-state index in [1.165, 1.54) is 23.3 Å². The lowest BCUT2D eigenvalue weighted by Crippen LogP contribution is -2.47. The van der Waals surface area contributed by atoms with Gasteiger partial charge in [-0.2, -0.15) is 0 Å². The number of carbonyl (C=O) groups excluding carboxylic acids is 3. The third-order valence-electron chi connectivity index (χ3n) is 5.52. The first-order valence-electron chi connectivity index (χ1n) is 11.3. The molecule has 0 bridgehead atoms. The molecule has 3 aromatic rings. The molecule has 182 valence electrons. The third-order valence-corrected chi connectivity index (χ3v) is 5.52. The van der Waals surface area contributed by atoms with Crippen molar-refractivity contribution in [3.05, 3.63) is 89.6 Å². The number of carbonyl (C=O) groups is 3. The summed E-state index contributed by atoms with van der Waals surface area (Å²) in [6.07, 6.45) is -0.135. The Balaban J connectivity index is 1.56. The highest BCUT2D eigenvalue weighted by atomic mass is 19.1. The number of benzene rings is 2. The lowest BCUT2D eigenvalue weighted by atomic mass is 10.00. The molecule has 3 amide bonds. The largest absolute Gasteiger partial charge is 0.459 e. The number of halogens is 1. The van der Waals surface area contributed by atoms with Gasteiger partial charge < -0.3 is 19.8 Å². The van der Waals surface area contributed by atoms with Gasteiger partial charge in [0.05, 0.1) is 12.8 Å². The average molecular weight is 480 g/mol. The number of ether oxygens (including phenoxy) is 1. The number of cyclic esters (lactones) is 1. The van der Waals surface area contributed by atoms with Crippen molar-refractivity contribution < 1.29 is 27.9 Å². The molecule has 2 N–H and O–H groups in total. The maximum absolute atomic E-state index is 13.7. The van der Waals surface area contributed by atoms with Gasteiger partial charge in [-0.05, 0) is 53.4 Å². The van der Waals surface area contributed by atoms with E-state index in [2.05, 4.69) is 10.6 Å². The molecular weight excluding hydrogens is 453 g/mol. The van der Waals surface area contributed by atoms with Crippen LogP contribution in [0.1, 0.15) is 41.6 Å². The van der Waals surface area contributed by atoms with E-state index in [0.29, 0.717) is 23.4 Å². The Morgan fingerprint density at radius 3 is 2.51 bits per heavy atom. The Morgan fingerprint density at radius 1 is 1.09 bits per heavy atom. The second-order valence-electron chi connectivity index (χ2n) is 8.70. The van der Waals surface area contributed by atoms with E-state index >= 15 is 0 Å². The maximum atomic E-state index is 13.7. The SMILES string of the molecule is CC(C)CNC(=O)C1C(c2ccc(NC(=O)c3ccco3)cc2)OC(=O)N1Cc1cccc(F)c1. The zero-order chi connectivity index (χ0) is 24.9. The van der Waals surface area contributed by atoms with Crippen LogP contribution in [-0.4, -0.2) is 35.4 Å². The summed E-state index contributed by atoms with van der Waals surface area (Å²) in [5.74, 6) is -0.805. The van der Waals surface area contributed by atoms with Gasteiger partial charge in [0.25, 0.3) is 5.91 Å². The molecule has 4 rings (SSSR count). The van der Waals surface area contributed by atoms with Crippen LogP contribution >= 0.6 is 0 Å². The third kappa shape index (κ3) is 5.68. The Bertz CT molecular complexity index is 1190. The summed E-state index contributed by atoms with van der Waals surface area (Å²) in [6.45, 7) is 4.38. The smallest absolute Gasteiger partial charge is 0.411 e. The molecule has 9 heteroatoms. The minimum atomic E-state index is -0.951. The van der Waals surface area contributed by atoms with E-state index in [0.717, 1.165) is 0 Å². The summed E-state index contributed by atoms with van der Waals surface area (Å²) in [7, 11) is 0. The van der Waals surface area contributed by atoms with Gasteiger partial charge in [-0.1, -0.05) is 38.1 Å². The maximum Gasteiger partial charge on any atom is 0.411 e. The molecule has 1 fully saturated rings. The summed E-state index contributed by atoms with van der Waals surface area (Å²) in [5, 5.41) is 5.59. The van der Waals surface area contributed by atoms with Crippen LogP contribution in [0.15, 0.2) is 71.3 Å². The summed E-state index contributed by atoms with van der Waals surface area (Å²) in [4.78, 5) is 39.5. The van der Waals surface area contributed by atoms with Crippen LogP contribution in [0, 0.1) is 11.7 Å². The predicted octanol–water partition coefficient (Wildman–Crippen LogP) is 4.51. The minimum absolute atomic E-state index is 0.0180. The average Bonchev–Trinajstić information content (AvgIpc) is 3.47. The van der Waals surface area contributed by atoms with Gasteiger partial charge in [0.15, 0.2) is 17.9 Å². The first kappa shape index (κ1) is 24.0. The number of amides is 3. The molecular formula is C26H26FN3O5. The highest BCUT2D eigenvalue weighted by Crippen LogP contribution is 2.34. The molecule has 1 aliphatic rings. The monoisotopic (exact) mass is 479 g/mol. The molecule has 2 heterocycles. The number of furan rings is 1. The molecule has 2 unspecified atom stereocenters. The molecule has 8 nitrogen and oxygen atoms in total. The van der Waals surface area contributed by atoms with Gasteiger partial charge >= 0.3 is 6.09 Å². The van der Waals surface area contributed by atoms with Crippen molar-refractivity contribution in [2.75, 3.05) is 11.9 Å². The molecule has 0 radical (unpaired) electrons. The summed E-state index contributed by atoms with van der Waals surface area (Å²) in [5.41, 5.74) is 1.64.